The van der Waals surface area contributed by atoms with Crippen LogP contribution in [0.25, 0.3) is 0 Å². The van der Waals surface area contributed by atoms with E-state index >= 15 is 0 Å². The fourth-order valence-corrected chi connectivity index (χ4v) is 5.96. The Bertz CT molecular complexity index is 514. The van der Waals surface area contributed by atoms with Gasteiger partial charge in [0.1, 0.15) is 0 Å². The SMILES string of the molecule is CCSN1CCC(COCCC2CC2C2CCN(C(=O)OCC3CC3)CC2)CC1. The van der Waals surface area contributed by atoms with Crippen molar-refractivity contribution in [3.8, 4) is 0 Å². The number of rotatable bonds is 10. The number of piperidine rings is 2. The average molecular weight is 425 g/mol. The van der Waals surface area contributed by atoms with Gasteiger partial charge in [0.2, 0.25) is 0 Å². The summed E-state index contributed by atoms with van der Waals surface area (Å²) in [5, 5.41) is 0. The Morgan fingerprint density at radius 2 is 1.69 bits per heavy atom. The maximum absolute atomic E-state index is 12.1. The third kappa shape index (κ3) is 6.76. The van der Waals surface area contributed by atoms with Crippen LogP contribution in [-0.4, -0.2) is 67.1 Å². The van der Waals surface area contributed by atoms with E-state index in [2.05, 4.69) is 11.2 Å². The summed E-state index contributed by atoms with van der Waals surface area (Å²) in [6, 6.07) is 0. The lowest BCUT2D eigenvalue weighted by Gasteiger charge is -2.31. The molecule has 0 aromatic carbocycles. The van der Waals surface area contributed by atoms with Crippen LogP contribution in [0.3, 0.4) is 0 Å². The molecule has 2 saturated heterocycles. The van der Waals surface area contributed by atoms with E-state index in [0.717, 1.165) is 62.8 Å². The van der Waals surface area contributed by atoms with Crippen molar-refractivity contribution in [1.82, 2.24) is 9.21 Å². The zero-order valence-electron chi connectivity index (χ0n) is 18.2. The molecule has 166 valence electrons. The number of nitrogens with zero attached hydrogens (tertiary/aromatic N) is 2. The Morgan fingerprint density at radius 1 is 0.966 bits per heavy atom. The van der Waals surface area contributed by atoms with Gasteiger partial charge in [0.25, 0.3) is 0 Å². The van der Waals surface area contributed by atoms with Crippen molar-refractivity contribution in [3.05, 3.63) is 0 Å². The van der Waals surface area contributed by atoms with Gasteiger partial charge in [-0.15, -0.1) is 0 Å². The summed E-state index contributed by atoms with van der Waals surface area (Å²) < 4.78 is 14.0. The molecule has 2 aliphatic heterocycles. The number of hydrogen-bond donors (Lipinski definition) is 0. The molecule has 29 heavy (non-hydrogen) atoms. The summed E-state index contributed by atoms with van der Waals surface area (Å²) in [4.78, 5) is 14.1. The van der Waals surface area contributed by atoms with Crippen LogP contribution in [0.2, 0.25) is 0 Å². The Morgan fingerprint density at radius 3 is 2.38 bits per heavy atom. The minimum absolute atomic E-state index is 0.0739. The molecule has 2 aliphatic carbocycles. The molecule has 2 heterocycles. The smallest absolute Gasteiger partial charge is 0.409 e. The molecule has 2 saturated carbocycles. The molecule has 0 radical (unpaired) electrons. The van der Waals surface area contributed by atoms with Crippen molar-refractivity contribution in [3.63, 3.8) is 0 Å². The van der Waals surface area contributed by atoms with Crippen molar-refractivity contribution in [2.75, 3.05) is 51.8 Å². The van der Waals surface area contributed by atoms with E-state index in [1.54, 1.807) is 0 Å². The first kappa shape index (κ1) is 21.8. The van der Waals surface area contributed by atoms with Crippen molar-refractivity contribution in [2.45, 2.75) is 58.3 Å². The van der Waals surface area contributed by atoms with Gasteiger partial charge in [0, 0.05) is 45.1 Å². The second-order valence-corrected chi connectivity index (χ2v) is 11.0. The van der Waals surface area contributed by atoms with Gasteiger partial charge in [-0.25, -0.2) is 4.79 Å². The third-order valence-electron chi connectivity index (χ3n) is 7.39. The van der Waals surface area contributed by atoms with Crippen LogP contribution in [0.1, 0.15) is 58.3 Å². The average Bonchev–Trinajstić information content (AvgIpc) is 3.67. The van der Waals surface area contributed by atoms with Gasteiger partial charge < -0.3 is 14.4 Å². The fraction of sp³-hybridized carbons (Fsp3) is 0.957. The first-order chi connectivity index (χ1) is 14.2. The number of carbonyl (C=O) groups is 1. The van der Waals surface area contributed by atoms with Gasteiger partial charge in [-0.05, 0) is 81.0 Å². The van der Waals surface area contributed by atoms with Crippen LogP contribution in [0, 0.1) is 29.6 Å². The van der Waals surface area contributed by atoms with Gasteiger partial charge in [-0.2, -0.15) is 0 Å². The molecule has 5 nitrogen and oxygen atoms in total. The highest BCUT2D eigenvalue weighted by Gasteiger charge is 2.43. The quantitative estimate of drug-likeness (QED) is 0.377. The molecule has 0 bridgehead atoms. The van der Waals surface area contributed by atoms with Crippen LogP contribution in [0.5, 0.6) is 0 Å². The first-order valence-electron chi connectivity index (χ1n) is 12.1. The van der Waals surface area contributed by atoms with Gasteiger partial charge >= 0.3 is 6.09 Å². The van der Waals surface area contributed by atoms with E-state index in [-0.39, 0.29) is 6.09 Å². The number of hydrogen-bond acceptors (Lipinski definition) is 5. The summed E-state index contributed by atoms with van der Waals surface area (Å²) >= 11 is 1.98. The molecule has 4 rings (SSSR count). The van der Waals surface area contributed by atoms with Crippen LogP contribution >= 0.6 is 11.9 Å². The Labute approximate surface area is 181 Å². The van der Waals surface area contributed by atoms with Crippen molar-refractivity contribution in [2.24, 2.45) is 29.6 Å². The van der Waals surface area contributed by atoms with Gasteiger partial charge in [0.05, 0.1) is 6.61 Å². The molecule has 0 aromatic heterocycles. The molecule has 6 heteroatoms. The highest BCUT2D eigenvalue weighted by Crippen LogP contribution is 2.49. The lowest BCUT2D eigenvalue weighted by Crippen LogP contribution is -2.39. The highest BCUT2D eigenvalue weighted by atomic mass is 32.2. The van der Waals surface area contributed by atoms with E-state index < -0.39 is 0 Å². The summed E-state index contributed by atoms with van der Waals surface area (Å²) in [6.07, 6.45) is 9.92. The molecule has 0 N–H and O–H groups in total. The van der Waals surface area contributed by atoms with Gasteiger partial charge in [-0.3, -0.25) is 4.31 Å². The molecule has 4 aliphatic rings. The van der Waals surface area contributed by atoms with Crippen LogP contribution in [0.15, 0.2) is 0 Å². The Hall–Kier alpha value is -0.460. The second-order valence-electron chi connectivity index (χ2n) is 9.66. The number of carbonyl (C=O) groups excluding carboxylic acids is 1. The molecule has 1 amide bonds. The molecule has 0 spiro atoms. The predicted octanol–water partition coefficient (Wildman–Crippen LogP) is 4.67. The minimum atomic E-state index is -0.0739. The van der Waals surface area contributed by atoms with E-state index in [1.165, 1.54) is 57.4 Å². The predicted molar refractivity (Wildman–Crippen MR) is 118 cm³/mol. The monoisotopic (exact) mass is 424 g/mol. The van der Waals surface area contributed by atoms with E-state index in [1.807, 2.05) is 16.8 Å². The molecule has 2 unspecified atom stereocenters. The number of likely N-dealkylation sites (tertiary alicyclic amines) is 1. The van der Waals surface area contributed by atoms with E-state index in [0.29, 0.717) is 12.5 Å². The van der Waals surface area contributed by atoms with Crippen molar-refractivity contribution < 1.29 is 14.3 Å². The largest absolute Gasteiger partial charge is 0.449 e. The topological polar surface area (TPSA) is 42.0 Å². The minimum Gasteiger partial charge on any atom is -0.449 e. The van der Waals surface area contributed by atoms with Crippen LogP contribution in [0.4, 0.5) is 4.79 Å². The van der Waals surface area contributed by atoms with Crippen molar-refractivity contribution >= 4 is 18.0 Å². The molecular formula is C23H40N2O3S. The highest BCUT2D eigenvalue weighted by molar-refractivity contribution is 7.96. The number of amides is 1. The lowest BCUT2D eigenvalue weighted by atomic mass is 9.91. The van der Waals surface area contributed by atoms with Crippen LogP contribution in [-0.2, 0) is 9.47 Å². The standard InChI is InChI=1S/C23H40N2O3S/c1-2-29-25-12-5-19(6-13-25)16-27-14-9-21-15-22(21)20-7-10-24(11-8-20)23(26)28-17-18-3-4-18/h18-22H,2-17H2,1H3. The maximum atomic E-state index is 12.1. The normalized spacial score (nSPS) is 29.2. The lowest BCUT2D eigenvalue weighted by molar-refractivity contribution is 0.0730. The second kappa shape index (κ2) is 10.7. The molecule has 4 fully saturated rings. The Balaban J connectivity index is 1.02. The summed E-state index contributed by atoms with van der Waals surface area (Å²) in [7, 11) is 0. The van der Waals surface area contributed by atoms with Crippen LogP contribution < -0.4 is 0 Å². The zero-order valence-corrected chi connectivity index (χ0v) is 19.0. The molecule has 2 atom stereocenters. The number of ether oxygens (including phenoxy) is 2. The summed E-state index contributed by atoms with van der Waals surface area (Å²) in [5.41, 5.74) is 0. The maximum Gasteiger partial charge on any atom is 0.409 e. The first-order valence-corrected chi connectivity index (χ1v) is 13.0. The van der Waals surface area contributed by atoms with Crippen molar-refractivity contribution in [1.29, 1.82) is 0 Å². The zero-order chi connectivity index (χ0) is 20.1. The molecular weight excluding hydrogens is 384 g/mol. The van der Waals surface area contributed by atoms with E-state index in [4.69, 9.17) is 9.47 Å². The fourth-order valence-electron chi connectivity index (χ4n) is 5.13. The van der Waals surface area contributed by atoms with Gasteiger partial charge in [-0.1, -0.05) is 18.9 Å². The van der Waals surface area contributed by atoms with E-state index in [9.17, 15) is 4.79 Å². The van der Waals surface area contributed by atoms with Gasteiger partial charge in [0.15, 0.2) is 0 Å². The summed E-state index contributed by atoms with van der Waals surface area (Å²) in [6.45, 7) is 9.01. The summed E-state index contributed by atoms with van der Waals surface area (Å²) in [5.74, 6) is 5.18. The Kier molecular flexibility index (Phi) is 8.04. The molecule has 0 aromatic rings. The third-order valence-corrected chi connectivity index (χ3v) is 8.38.